The van der Waals surface area contributed by atoms with Crippen molar-refractivity contribution in [3.63, 3.8) is 0 Å². The Bertz CT molecular complexity index is 677. The fraction of sp³-hybridized carbons (Fsp3) is 0.667. The van der Waals surface area contributed by atoms with Crippen LogP contribution < -0.4 is 5.73 Å². The number of hydrogen-bond acceptors (Lipinski definition) is 12. The first-order valence-electron chi connectivity index (χ1n) is 9.37. The van der Waals surface area contributed by atoms with Gasteiger partial charge in [0.1, 0.15) is 54.3 Å². The fourth-order valence-electron chi connectivity index (χ4n) is 3.33. The summed E-state index contributed by atoms with van der Waals surface area (Å²) in [7, 11) is 0. The molecule has 0 radical (unpaired) electrons. The molecule has 0 amide bonds. The molecule has 12 heteroatoms. The predicted molar refractivity (Wildman–Crippen MR) is 103 cm³/mol. The number of aliphatic hydroxyl groups is 7. The molecule has 0 bridgehead atoms. The van der Waals surface area contributed by atoms with Crippen molar-refractivity contribution in [2.24, 2.45) is 0 Å². The van der Waals surface area contributed by atoms with Gasteiger partial charge >= 0.3 is 0 Å². The van der Waals surface area contributed by atoms with Gasteiger partial charge < -0.3 is 55.7 Å². The van der Waals surface area contributed by atoms with Gasteiger partial charge in [-0.2, -0.15) is 0 Å². The molecule has 9 N–H and O–H groups in total. The number of ether oxygens (including phenoxy) is 3. The highest BCUT2D eigenvalue weighted by molar-refractivity contribution is 7.99. The highest BCUT2D eigenvalue weighted by atomic mass is 32.2. The van der Waals surface area contributed by atoms with Crippen molar-refractivity contribution in [2.45, 2.75) is 65.5 Å². The van der Waals surface area contributed by atoms with E-state index < -0.39 is 73.8 Å². The van der Waals surface area contributed by atoms with E-state index in [1.807, 2.05) is 0 Å². The smallest absolute Gasteiger partial charge is 0.187 e. The Morgan fingerprint density at radius 2 is 1.43 bits per heavy atom. The van der Waals surface area contributed by atoms with Crippen LogP contribution in [0.15, 0.2) is 29.2 Å². The molecule has 3 rings (SSSR count). The molecule has 0 aromatic heterocycles. The Kier molecular flexibility index (Phi) is 7.92. The summed E-state index contributed by atoms with van der Waals surface area (Å²) in [6.07, 6.45) is -13.1. The van der Waals surface area contributed by atoms with Crippen LogP contribution in [0.5, 0.6) is 0 Å². The summed E-state index contributed by atoms with van der Waals surface area (Å²) in [6, 6.07) is 6.77. The number of hydrogen-bond donors (Lipinski definition) is 8. The Morgan fingerprint density at radius 1 is 0.800 bits per heavy atom. The molecular formula is C18H27NO10S. The molecule has 2 aliphatic heterocycles. The van der Waals surface area contributed by atoms with Crippen molar-refractivity contribution in [3.8, 4) is 0 Å². The lowest BCUT2D eigenvalue weighted by Gasteiger charge is -2.46. The van der Waals surface area contributed by atoms with Crippen molar-refractivity contribution in [1.82, 2.24) is 0 Å². The highest BCUT2D eigenvalue weighted by Crippen LogP contribution is 2.35. The van der Waals surface area contributed by atoms with Crippen molar-refractivity contribution in [3.05, 3.63) is 24.3 Å². The van der Waals surface area contributed by atoms with Gasteiger partial charge in [-0.25, -0.2) is 0 Å². The summed E-state index contributed by atoms with van der Waals surface area (Å²) < 4.78 is 16.5. The number of benzene rings is 1. The second kappa shape index (κ2) is 10.1. The van der Waals surface area contributed by atoms with Crippen LogP contribution in [-0.4, -0.2) is 110 Å². The SMILES string of the molecule is Nc1ccc(SC2O[C@H](CO)[C@@H](O[C@@H]3O[C@H](CO)[C@@H](O)[C@H](O)[C@H]3O)[C@H](O)[C@H]2O)cc1. The number of thioether (sulfide) groups is 1. The van der Waals surface area contributed by atoms with Gasteiger partial charge in [0, 0.05) is 10.6 Å². The monoisotopic (exact) mass is 449 g/mol. The molecule has 1 aromatic rings. The third-order valence-electron chi connectivity index (χ3n) is 5.09. The maximum atomic E-state index is 10.6. The summed E-state index contributed by atoms with van der Waals surface area (Å²) in [4.78, 5) is 0.713. The van der Waals surface area contributed by atoms with E-state index >= 15 is 0 Å². The average molecular weight is 449 g/mol. The maximum Gasteiger partial charge on any atom is 0.187 e. The number of nitrogen functional groups attached to an aromatic ring is 1. The Balaban J connectivity index is 1.71. The van der Waals surface area contributed by atoms with Crippen LogP contribution >= 0.6 is 11.8 Å². The molecule has 2 saturated heterocycles. The van der Waals surface area contributed by atoms with Crippen molar-refractivity contribution < 1.29 is 50.0 Å². The Hall–Kier alpha value is -1.03. The van der Waals surface area contributed by atoms with Crippen LogP contribution in [0.3, 0.4) is 0 Å². The van der Waals surface area contributed by atoms with E-state index in [9.17, 15) is 35.7 Å². The highest BCUT2D eigenvalue weighted by Gasteiger charge is 2.50. The summed E-state index contributed by atoms with van der Waals surface area (Å²) in [5.74, 6) is 0. The van der Waals surface area contributed by atoms with E-state index in [-0.39, 0.29) is 0 Å². The lowest BCUT2D eigenvalue weighted by atomic mass is 9.97. The van der Waals surface area contributed by atoms with E-state index in [4.69, 9.17) is 19.9 Å². The van der Waals surface area contributed by atoms with Gasteiger partial charge in [0.15, 0.2) is 6.29 Å². The molecule has 0 saturated carbocycles. The fourth-order valence-corrected chi connectivity index (χ4v) is 4.39. The minimum absolute atomic E-state index is 0.561. The number of anilines is 1. The molecule has 2 aliphatic rings. The van der Waals surface area contributed by atoms with E-state index in [0.717, 1.165) is 11.8 Å². The average Bonchev–Trinajstić information content (AvgIpc) is 2.74. The van der Waals surface area contributed by atoms with Gasteiger partial charge in [0.2, 0.25) is 0 Å². The summed E-state index contributed by atoms with van der Waals surface area (Å²) in [5.41, 5.74) is 5.27. The van der Waals surface area contributed by atoms with Crippen LogP contribution in [0.2, 0.25) is 0 Å². The van der Waals surface area contributed by atoms with Gasteiger partial charge in [0.05, 0.1) is 13.2 Å². The normalized spacial score (nSPS) is 42.2. The standard InChI is InChI=1S/C18H27NO10S/c19-7-1-3-8(4-2-7)30-18-15(26)13(24)16(10(6-21)28-18)29-17-14(25)12(23)11(22)9(5-20)27-17/h1-4,9-18,20-26H,5-6,19H2/t9-,10-,11-,12+,13-,14-,15-,16-,17+,18?/m1/s1. The Morgan fingerprint density at radius 3 is 2.03 bits per heavy atom. The molecule has 2 heterocycles. The first kappa shape index (κ1) is 23.6. The van der Waals surface area contributed by atoms with Crippen molar-refractivity contribution in [1.29, 1.82) is 0 Å². The zero-order valence-corrected chi connectivity index (χ0v) is 16.7. The van der Waals surface area contributed by atoms with E-state index in [1.54, 1.807) is 24.3 Å². The minimum Gasteiger partial charge on any atom is -0.399 e. The molecule has 30 heavy (non-hydrogen) atoms. The molecule has 1 unspecified atom stereocenters. The molecule has 10 atom stereocenters. The number of aliphatic hydroxyl groups excluding tert-OH is 7. The number of rotatable bonds is 6. The molecule has 1 aromatic carbocycles. The number of nitrogens with two attached hydrogens (primary N) is 1. The van der Waals surface area contributed by atoms with Crippen molar-refractivity contribution in [2.75, 3.05) is 18.9 Å². The predicted octanol–water partition coefficient (Wildman–Crippen LogP) is -3.01. The van der Waals surface area contributed by atoms with Crippen LogP contribution in [0.1, 0.15) is 0 Å². The van der Waals surface area contributed by atoms with Gasteiger partial charge in [0.25, 0.3) is 0 Å². The minimum atomic E-state index is -1.70. The van der Waals surface area contributed by atoms with Crippen LogP contribution in [0.4, 0.5) is 5.69 Å². The lowest BCUT2D eigenvalue weighted by Crippen LogP contribution is -2.64. The van der Waals surface area contributed by atoms with E-state index in [0.29, 0.717) is 10.6 Å². The van der Waals surface area contributed by atoms with E-state index in [1.165, 1.54) is 0 Å². The third kappa shape index (κ3) is 4.89. The second-order valence-electron chi connectivity index (χ2n) is 7.19. The van der Waals surface area contributed by atoms with Crippen LogP contribution in [0, 0.1) is 0 Å². The molecular weight excluding hydrogens is 422 g/mol. The van der Waals surface area contributed by atoms with Gasteiger partial charge in [-0.15, -0.1) is 0 Å². The molecule has 0 aliphatic carbocycles. The quantitative estimate of drug-likeness (QED) is 0.205. The zero-order valence-electron chi connectivity index (χ0n) is 15.8. The molecule has 11 nitrogen and oxygen atoms in total. The molecule has 170 valence electrons. The molecule has 2 fully saturated rings. The van der Waals surface area contributed by atoms with E-state index in [2.05, 4.69) is 0 Å². The zero-order chi connectivity index (χ0) is 22.0. The van der Waals surface area contributed by atoms with Crippen molar-refractivity contribution >= 4 is 17.4 Å². The van der Waals surface area contributed by atoms with Gasteiger partial charge in [-0.05, 0) is 24.3 Å². The first-order chi connectivity index (χ1) is 14.3. The second-order valence-corrected chi connectivity index (χ2v) is 8.36. The van der Waals surface area contributed by atoms with Crippen LogP contribution in [0.25, 0.3) is 0 Å². The molecule has 0 spiro atoms. The lowest BCUT2D eigenvalue weighted by molar-refractivity contribution is -0.338. The topological polar surface area (TPSA) is 195 Å². The summed E-state index contributed by atoms with van der Waals surface area (Å²) in [6.45, 7) is -1.23. The third-order valence-corrected chi connectivity index (χ3v) is 6.26. The largest absolute Gasteiger partial charge is 0.399 e. The van der Waals surface area contributed by atoms with Gasteiger partial charge in [-0.3, -0.25) is 0 Å². The Labute approximate surface area is 176 Å². The first-order valence-corrected chi connectivity index (χ1v) is 10.3. The van der Waals surface area contributed by atoms with Crippen LogP contribution in [-0.2, 0) is 14.2 Å². The maximum absolute atomic E-state index is 10.6. The summed E-state index contributed by atoms with van der Waals surface area (Å²) >= 11 is 1.12. The summed E-state index contributed by atoms with van der Waals surface area (Å²) in [5, 5.41) is 70.0. The van der Waals surface area contributed by atoms with Gasteiger partial charge in [-0.1, -0.05) is 11.8 Å².